The standard InChI is InChI=1S/C17H18FN5/c1-23-12-14(11-21-23)16-8-10-20-17(22-16)19-9-4-6-13-5-2-3-7-15(13)18/h2-3,5,7-8,10-12H,4,6,9H2,1H3,(H,19,20,22). The normalized spacial score (nSPS) is 10.7. The van der Waals surface area contributed by atoms with E-state index in [1.54, 1.807) is 23.1 Å². The molecule has 0 radical (unpaired) electrons. The topological polar surface area (TPSA) is 55.6 Å². The maximum absolute atomic E-state index is 13.5. The second-order valence-electron chi connectivity index (χ2n) is 5.29. The lowest BCUT2D eigenvalue weighted by Crippen LogP contribution is -2.07. The van der Waals surface area contributed by atoms with Crippen molar-refractivity contribution >= 4 is 5.95 Å². The molecule has 6 heteroatoms. The first-order valence-electron chi connectivity index (χ1n) is 7.52. The summed E-state index contributed by atoms with van der Waals surface area (Å²) in [4.78, 5) is 8.68. The third-order valence-corrected chi connectivity index (χ3v) is 3.52. The fourth-order valence-corrected chi connectivity index (χ4v) is 2.34. The highest BCUT2D eigenvalue weighted by atomic mass is 19.1. The summed E-state index contributed by atoms with van der Waals surface area (Å²) in [6.45, 7) is 0.685. The van der Waals surface area contributed by atoms with Gasteiger partial charge in [-0.05, 0) is 30.5 Å². The molecule has 23 heavy (non-hydrogen) atoms. The van der Waals surface area contributed by atoms with Crippen LogP contribution in [0.15, 0.2) is 48.9 Å². The second-order valence-corrected chi connectivity index (χ2v) is 5.29. The van der Waals surface area contributed by atoms with Crippen LogP contribution < -0.4 is 5.32 Å². The van der Waals surface area contributed by atoms with Crippen molar-refractivity contribution in [2.75, 3.05) is 11.9 Å². The Morgan fingerprint density at radius 2 is 2.09 bits per heavy atom. The zero-order valence-electron chi connectivity index (χ0n) is 12.9. The SMILES string of the molecule is Cn1cc(-c2ccnc(NCCCc3ccccc3F)n2)cn1. The largest absolute Gasteiger partial charge is 0.354 e. The van der Waals surface area contributed by atoms with Crippen LogP contribution in [0.2, 0.25) is 0 Å². The summed E-state index contributed by atoms with van der Waals surface area (Å²) in [7, 11) is 1.87. The molecule has 0 amide bonds. The predicted octanol–water partition coefficient (Wildman–Crippen LogP) is 3.06. The van der Waals surface area contributed by atoms with Gasteiger partial charge in [-0.15, -0.1) is 0 Å². The van der Waals surface area contributed by atoms with E-state index in [0.717, 1.165) is 23.2 Å². The van der Waals surface area contributed by atoms with Gasteiger partial charge in [0.2, 0.25) is 5.95 Å². The van der Waals surface area contributed by atoms with E-state index in [1.165, 1.54) is 6.07 Å². The first-order valence-corrected chi connectivity index (χ1v) is 7.52. The first kappa shape index (κ1) is 15.1. The lowest BCUT2D eigenvalue weighted by molar-refractivity contribution is 0.606. The van der Waals surface area contributed by atoms with Crippen molar-refractivity contribution in [2.24, 2.45) is 7.05 Å². The monoisotopic (exact) mass is 311 g/mol. The molecular formula is C17H18FN5. The molecule has 3 rings (SSSR count). The molecule has 2 aromatic heterocycles. The summed E-state index contributed by atoms with van der Waals surface area (Å²) in [5, 5.41) is 7.32. The van der Waals surface area contributed by atoms with Gasteiger partial charge in [-0.2, -0.15) is 5.10 Å². The molecule has 0 saturated heterocycles. The third kappa shape index (κ3) is 3.91. The number of rotatable bonds is 6. The van der Waals surface area contributed by atoms with Crippen molar-refractivity contribution in [3.05, 3.63) is 60.3 Å². The lowest BCUT2D eigenvalue weighted by atomic mass is 10.1. The number of aromatic nitrogens is 4. The van der Waals surface area contributed by atoms with Crippen molar-refractivity contribution in [3.63, 3.8) is 0 Å². The van der Waals surface area contributed by atoms with Crippen LogP contribution >= 0.6 is 0 Å². The van der Waals surface area contributed by atoms with E-state index in [9.17, 15) is 4.39 Å². The van der Waals surface area contributed by atoms with Crippen molar-refractivity contribution in [3.8, 4) is 11.3 Å². The number of halogens is 1. The molecule has 0 atom stereocenters. The summed E-state index contributed by atoms with van der Waals surface area (Å²) < 4.78 is 15.3. The highest BCUT2D eigenvalue weighted by Gasteiger charge is 2.04. The fourth-order valence-electron chi connectivity index (χ4n) is 2.34. The molecule has 0 unspecified atom stereocenters. The minimum Gasteiger partial charge on any atom is -0.354 e. The number of aryl methyl sites for hydroxylation is 2. The second kappa shape index (κ2) is 7.00. The van der Waals surface area contributed by atoms with Crippen molar-refractivity contribution < 1.29 is 4.39 Å². The molecule has 0 aliphatic heterocycles. The maximum Gasteiger partial charge on any atom is 0.223 e. The van der Waals surface area contributed by atoms with Gasteiger partial charge in [-0.1, -0.05) is 18.2 Å². The Morgan fingerprint density at radius 3 is 2.87 bits per heavy atom. The van der Waals surface area contributed by atoms with Crippen molar-refractivity contribution in [1.29, 1.82) is 0 Å². The van der Waals surface area contributed by atoms with Crippen LogP contribution in [0, 0.1) is 5.82 Å². The maximum atomic E-state index is 13.5. The quantitative estimate of drug-likeness (QED) is 0.711. The summed E-state index contributed by atoms with van der Waals surface area (Å²) in [5.41, 5.74) is 2.51. The van der Waals surface area contributed by atoms with E-state index in [0.29, 0.717) is 18.9 Å². The lowest BCUT2D eigenvalue weighted by Gasteiger charge is -2.06. The predicted molar refractivity (Wildman–Crippen MR) is 87.4 cm³/mol. The van der Waals surface area contributed by atoms with Crippen LogP contribution in [0.5, 0.6) is 0 Å². The Hall–Kier alpha value is -2.76. The summed E-state index contributed by atoms with van der Waals surface area (Å²) >= 11 is 0. The number of anilines is 1. The van der Waals surface area contributed by atoms with Crippen LogP contribution in [0.25, 0.3) is 11.3 Å². The van der Waals surface area contributed by atoms with Gasteiger partial charge >= 0.3 is 0 Å². The Labute approximate surface area is 134 Å². The van der Waals surface area contributed by atoms with Crippen LogP contribution in [0.3, 0.4) is 0 Å². The summed E-state index contributed by atoms with van der Waals surface area (Å²) in [5.74, 6) is 0.419. The number of benzene rings is 1. The zero-order chi connectivity index (χ0) is 16.1. The smallest absolute Gasteiger partial charge is 0.223 e. The highest BCUT2D eigenvalue weighted by molar-refractivity contribution is 5.57. The van der Waals surface area contributed by atoms with Crippen LogP contribution in [-0.2, 0) is 13.5 Å². The average molecular weight is 311 g/mol. The van der Waals surface area contributed by atoms with Gasteiger partial charge in [-0.3, -0.25) is 4.68 Å². The van der Waals surface area contributed by atoms with Gasteiger partial charge < -0.3 is 5.32 Å². The molecule has 118 valence electrons. The van der Waals surface area contributed by atoms with Gasteiger partial charge in [0.05, 0.1) is 11.9 Å². The zero-order valence-corrected chi connectivity index (χ0v) is 12.9. The number of hydrogen-bond acceptors (Lipinski definition) is 4. The van der Waals surface area contributed by atoms with Gasteiger partial charge in [0, 0.05) is 31.5 Å². The fraction of sp³-hybridized carbons (Fsp3) is 0.235. The minimum atomic E-state index is -0.151. The molecule has 0 aliphatic carbocycles. The Kier molecular flexibility index (Phi) is 4.61. The molecule has 0 aliphatic rings. The van der Waals surface area contributed by atoms with Crippen molar-refractivity contribution in [1.82, 2.24) is 19.7 Å². The minimum absolute atomic E-state index is 0.151. The van der Waals surface area contributed by atoms with Crippen molar-refractivity contribution in [2.45, 2.75) is 12.8 Å². The van der Waals surface area contributed by atoms with E-state index in [4.69, 9.17) is 0 Å². The molecule has 3 aromatic rings. The first-order chi connectivity index (χ1) is 11.2. The Morgan fingerprint density at radius 1 is 1.22 bits per heavy atom. The van der Waals surface area contributed by atoms with E-state index in [2.05, 4.69) is 20.4 Å². The van der Waals surface area contributed by atoms with Gasteiger partial charge in [0.1, 0.15) is 5.82 Å². The van der Waals surface area contributed by atoms with E-state index >= 15 is 0 Å². The average Bonchev–Trinajstić information content (AvgIpc) is 3.00. The Balaban J connectivity index is 1.56. The van der Waals surface area contributed by atoms with Gasteiger partial charge in [0.15, 0.2) is 0 Å². The van der Waals surface area contributed by atoms with Crippen LogP contribution in [-0.4, -0.2) is 26.3 Å². The molecule has 1 N–H and O–H groups in total. The van der Waals surface area contributed by atoms with Crippen LogP contribution in [0.4, 0.5) is 10.3 Å². The highest BCUT2D eigenvalue weighted by Crippen LogP contribution is 2.16. The molecule has 0 fully saturated rings. The molecule has 1 aromatic carbocycles. The molecule has 5 nitrogen and oxygen atoms in total. The van der Waals surface area contributed by atoms with E-state index < -0.39 is 0 Å². The third-order valence-electron chi connectivity index (χ3n) is 3.52. The van der Waals surface area contributed by atoms with Gasteiger partial charge in [0.25, 0.3) is 0 Å². The molecule has 0 bridgehead atoms. The molecule has 2 heterocycles. The number of nitrogens with zero attached hydrogens (tertiary/aromatic N) is 4. The van der Waals surface area contributed by atoms with Gasteiger partial charge in [-0.25, -0.2) is 14.4 Å². The number of hydrogen-bond donors (Lipinski definition) is 1. The molecular weight excluding hydrogens is 293 g/mol. The van der Waals surface area contributed by atoms with E-state index in [1.807, 2.05) is 31.4 Å². The van der Waals surface area contributed by atoms with Crippen LogP contribution in [0.1, 0.15) is 12.0 Å². The molecule has 0 saturated carbocycles. The number of nitrogens with one attached hydrogen (secondary N) is 1. The molecule has 0 spiro atoms. The summed E-state index contributed by atoms with van der Waals surface area (Å²) in [6, 6.07) is 8.71. The van der Waals surface area contributed by atoms with E-state index in [-0.39, 0.29) is 5.82 Å². The Bertz CT molecular complexity index is 784. The summed E-state index contributed by atoms with van der Waals surface area (Å²) in [6.07, 6.45) is 6.88.